The second kappa shape index (κ2) is 10.1. The van der Waals surface area contributed by atoms with Crippen LogP contribution >= 0.6 is 0 Å². The van der Waals surface area contributed by atoms with Crippen molar-refractivity contribution in [1.29, 1.82) is 0 Å². The first-order valence-corrected chi connectivity index (χ1v) is 12.7. The lowest BCUT2D eigenvalue weighted by Gasteiger charge is -2.44. The van der Waals surface area contributed by atoms with E-state index in [1.165, 1.54) is 21.1 Å². The average Bonchev–Trinajstić information content (AvgIpc) is 3.46. The summed E-state index contributed by atoms with van der Waals surface area (Å²) in [5, 5.41) is 9.77. The normalized spacial score (nSPS) is 19.5. The standard InChI is InChI=1S/C28H29F3N6O3/c1-16-13-33-25-20(40-4)12-18(14-37(16)25)24(38)27(19-8-6-5-7-9-19)15-32-11-10-21(27)34-26(39)22-17(2)23(28(29,30)31)35-36(22)3/h5-9,12-14,21,32H,10-11,15H2,1-4H3,(H,34,39)/t21-,27-/m1/s1. The number of aromatic nitrogens is 4. The van der Waals surface area contributed by atoms with Crippen molar-refractivity contribution in [3.8, 4) is 5.75 Å². The molecule has 2 N–H and O–H groups in total. The molecule has 40 heavy (non-hydrogen) atoms. The second-order valence-electron chi connectivity index (χ2n) is 9.99. The van der Waals surface area contributed by atoms with Gasteiger partial charge < -0.3 is 19.8 Å². The van der Waals surface area contributed by atoms with Crippen LogP contribution in [0.4, 0.5) is 13.2 Å². The molecule has 1 aromatic carbocycles. The summed E-state index contributed by atoms with van der Waals surface area (Å²) in [4.78, 5) is 32.5. The number of imidazole rings is 1. The number of fused-ring (bicyclic) bond motifs is 1. The van der Waals surface area contributed by atoms with E-state index in [0.29, 0.717) is 35.5 Å². The number of ether oxygens (including phenoxy) is 1. The van der Waals surface area contributed by atoms with Gasteiger partial charge in [-0.05, 0) is 38.4 Å². The summed E-state index contributed by atoms with van der Waals surface area (Å²) in [7, 11) is 2.79. The number of hydrogen-bond donors (Lipinski definition) is 2. The van der Waals surface area contributed by atoms with Gasteiger partial charge in [-0.25, -0.2) is 4.98 Å². The minimum absolute atomic E-state index is 0.197. The van der Waals surface area contributed by atoms with Gasteiger partial charge in [0.15, 0.2) is 22.9 Å². The van der Waals surface area contributed by atoms with Crippen LogP contribution in [0.15, 0.2) is 48.8 Å². The van der Waals surface area contributed by atoms with Crippen molar-refractivity contribution in [3.63, 3.8) is 0 Å². The molecule has 1 aliphatic heterocycles. The molecule has 5 rings (SSSR count). The highest BCUT2D eigenvalue weighted by molar-refractivity contribution is 6.06. The molecule has 0 unspecified atom stereocenters. The van der Waals surface area contributed by atoms with Gasteiger partial charge in [0.2, 0.25) is 0 Å². The van der Waals surface area contributed by atoms with Gasteiger partial charge in [-0.15, -0.1) is 0 Å². The molecular formula is C28H29F3N6O3. The highest BCUT2D eigenvalue weighted by Crippen LogP contribution is 2.37. The molecule has 1 aliphatic rings. The number of halogens is 3. The van der Waals surface area contributed by atoms with Crippen LogP contribution in [0.25, 0.3) is 5.65 Å². The van der Waals surface area contributed by atoms with E-state index in [-0.39, 0.29) is 23.6 Å². The van der Waals surface area contributed by atoms with E-state index < -0.39 is 29.2 Å². The molecule has 0 radical (unpaired) electrons. The predicted octanol–water partition coefficient (Wildman–Crippen LogP) is 3.62. The number of pyridine rings is 1. The summed E-state index contributed by atoms with van der Waals surface area (Å²) in [6.07, 6.45) is -0.974. The fourth-order valence-corrected chi connectivity index (χ4v) is 5.65. The molecule has 0 spiro atoms. The number of ketones is 1. The SMILES string of the molecule is COc1cc(C(=O)[C@@]2(c3ccccc3)CNCC[C@H]2NC(=O)c2c(C)c(C(F)(F)F)nn2C)cn2c(C)cnc12. The Morgan fingerprint density at radius 1 is 1.20 bits per heavy atom. The Bertz CT molecular complexity index is 1590. The minimum Gasteiger partial charge on any atom is -0.493 e. The van der Waals surface area contributed by atoms with E-state index in [0.717, 1.165) is 10.4 Å². The number of carbonyl (C=O) groups is 2. The molecular weight excluding hydrogens is 525 g/mol. The summed E-state index contributed by atoms with van der Waals surface area (Å²) < 4.78 is 48.8. The number of aryl methyl sites for hydroxylation is 2. The largest absolute Gasteiger partial charge is 0.493 e. The van der Waals surface area contributed by atoms with Gasteiger partial charge in [0.25, 0.3) is 5.91 Å². The zero-order chi connectivity index (χ0) is 28.8. The van der Waals surface area contributed by atoms with Crippen molar-refractivity contribution < 1.29 is 27.5 Å². The van der Waals surface area contributed by atoms with E-state index in [2.05, 4.69) is 20.7 Å². The maximum Gasteiger partial charge on any atom is 0.435 e. The summed E-state index contributed by atoms with van der Waals surface area (Å²) in [6, 6.07) is 9.96. The van der Waals surface area contributed by atoms with Crippen LogP contribution in [0.1, 0.15) is 49.8 Å². The van der Waals surface area contributed by atoms with Crippen LogP contribution in [-0.4, -0.2) is 57.1 Å². The Kier molecular flexibility index (Phi) is 6.90. The third kappa shape index (κ3) is 4.41. The van der Waals surface area contributed by atoms with Crippen molar-refractivity contribution in [1.82, 2.24) is 29.8 Å². The van der Waals surface area contributed by atoms with Gasteiger partial charge in [0.1, 0.15) is 5.69 Å². The Hall–Kier alpha value is -4.19. The number of hydrogen-bond acceptors (Lipinski definition) is 6. The van der Waals surface area contributed by atoms with Crippen LogP contribution in [0.2, 0.25) is 0 Å². The number of methoxy groups -OCH3 is 1. The Morgan fingerprint density at radius 3 is 2.58 bits per heavy atom. The van der Waals surface area contributed by atoms with Gasteiger partial charge in [-0.1, -0.05) is 30.3 Å². The molecule has 2 atom stereocenters. The molecule has 210 valence electrons. The molecule has 0 bridgehead atoms. The van der Waals surface area contributed by atoms with Crippen LogP contribution in [-0.2, 0) is 18.6 Å². The quantitative estimate of drug-likeness (QED) is 0.353. The zero-order valence-electron chi connectivity index (χ0n) is 22.5. The number of amides is 1. The Balaban J connectivity index is 1.62. The van der Waals surface area contributed by atoms with Crippen LogP contribution < -0.4 is 15.4 Å². The van der Waals surface area contributed by atoms with Crippen molar-refractivity contribution >= 4 is 17.3 Å². The van der Waals surface area contributed by atoms with E-state index in [1.807, 2.05) is 37.3 Å². The number of rotatable bonds is 6. The van der Waals surface area contributed by atoms with E-state index >= 15 is 0 Å². The average molecular weight is 555 g/mol. The van der Waals surface area contributed by atoms with E-state index in [4.69, 9.17) is 4.74 Å². The first kappa shape index (κ1) is 27.4. The molecule has 4 heterocycles. The van der Waals surface area contributed by atoms with Gasteiger partial charge in [0.05, 0.1) is 12.5 Å². The fraction of sp³-hybridized carbons (Fsp3) is 0.357. The first-order chi connectivity index (χ1) is 19.0. The topological polar surface area (TPSA) is 103 Å². The molecule has 12 heteroatoms. The molecule has 0 aliphatic carbocycles. The van der Waals surface area contributed by atoms with Gasteiger partial charge in [-0.2, -0.15) is 18.3 Å². The third-order valence-corrected chi connectivity index (χ3v) is 7.61. The van der Waals surface area contributed by atoms with Gasteiger partial charge in [-0.3, -0.25) is 14.3 Å². The van der Waals surface area contributed by atoms with E-state index in [1.54, 1.807) is 22.9 Å². The third-order valence-electron chi connectivity index (χ3n) is 7.61. The summed E-state index contributed by atoms with van der Waals surface area (Å²) in [6.45, 7) is 3.77. The lowest BCUT2D eigenvalue weighted by molar-refractivity contribution is -0.141. The Labute approximate surface area is 228 Å². The lowest BCUT2D eigenvalue weighted by atomic mass is 9.66. The van der Waals surface area contributed by atoms with Crippen molar-refractivity contribution in [2.45, 2.75) is 37.9 Å². The molecule has 1 saturated heterocycles. The summed E-state index contributed by atoms with van der Waals surface area (Å²) in [5.41, 5.74) is -0.514. The number of alkyl halides is 3. The smallest absolute Gasteiger partial charge is 0.435 e. The van der Waals surface area contributed by atoms with Gasteiger partial charge >= 0.3 is 6.18 Å². The maximum atomic E-state index is 14.6. The van der Waals surface area contributed by atoms with Crippen molar-refractivity contribution in [2.24, 2.45) is 7.05 Å². The van der Waals surface area contributed by atoms with Crippen molar-refractivity contribution in [2.75, 3.05) is 20.2 Å². The number of carbonyl (C=O) groups excluding carboxylic acids is 2. The summed E-state index contributed by atoms with van der Waals surface area (Å²) >= 11 is 0. The molecule has 4 aromatic rings. The van der Waals surface area contributed by atoms with Crippen molar-refractivity contribution in [3.05, 3.63) is 82.6 Å². The second-order valence-corrected chi connectivity index (χ2v) is 9.99. The molecule has 1 fully saturated rings. The Morgan fingerprint density at radius 2 is 1.93 bits per heavy atom. The molecule has 1 amide bonds. The fourth-order valence-electron chi connectivity index (χ4n) is 5.65. The molecule has 9 nitrogen and oxygen atoms in total. The number of benzene rings is 1. The zero-order valence-corrected chi connectivity index (χ0v) is 22.5. The number of piperidine rings is 1. The van der Waals surface area contributed by atoms with Crippen LogP contribution in [0, 0.1) is 13.8 Å². The molecule has 3 aromatic heterocycles. The van der Waals surface area contributed by atoms with Crippen LogP contribution in [0.5, 0.6) is 5.75 Å². The predicted molar refractivity (Wildman–Crippen MR) is 141 cm³/mol. The monoisotopic (exact) mass is 554 g/mol. The summed E-state index contributed by atoms with van der Waals surface area (Å²) in [5.74, 6) is -0.597. The van der Waals surface area contributed by atoms with Crippen LogP contribution in [0.3, 0.4) is 0 Å². The van der Waals surface area contributed by atoms with E-state index in [9.17, 15) is 22.8 Å². The van der Waals surface area contributed by atoms with Gasteiger partial charge in [0, 0.05) is 48.8 Å². The highest BCUT2D eigenvalue weighted by Gasteiger charge is 2.50. The molecule has 0 saturated carbocycles. The first-order valence-electron chi connectivity index (χ1n) is 12.7. The lowest BCUT2D eigenvalue weighted by Crippen LogP contribution is -2.63. The number of nitrogens with zero attached hydrogens (tertiary/aromatic N) is 4. The minimum atomic E-state index is -4.71. The number of nitrogens with one attached hydrogen (secondary N) is 2. The number of Topliss-reactive ketones (excluding diaryl/α,β-unsaturated/α-hetero) is 1. The highest BCUT2D eigenvalue weighted by atomic mass is 19.4. The maximum absolute atomic E-state index is 14.6.